The Balaban J connectivity index is 0.00000144. The van der Waals surface area contributed by atoms with Crippen LogP contribution >= 0.6 is 24.8 Å². The summed E-state index contributed by atoms with van der Waals surface area (Å²) in [6.45, 7) is 4.32. The quantitative estimate of drug-likeness (QED) is 0.571. The average Bonchev–Trinajstić information content (AvgIpc) is 3.42. The van der Waals surface area contributed by atoms with Crippen LogP contribution in [0, 0.1) is 0 Å². The van der Waals surface area contributed by atoms with Crippen molar-refractivity contribution in [2.45, 2.75) is 18.9 Å². The zero-order valence-corrected chi connectivity index (χ0v) is 18.8. The van der Waals surface area contributed by atoms with Gasteiger partial charge in [-0.2, -0.15) is 9.97 Å². The maximum Gasteiger partial charge on any atom is 0.296 e. The first-order valence-corrected chi connectivity index (χ1v) is 10.1. The van der Waals surface area contributed by atoms with Crippen molar-refractivity contribution in [3.8, 4) is 5.82 Å². The maximum atomic E-state index is 13.9. The summed E-state index contributed by atoms with van der Waals surface area (Å²) in [5, 5.41) is 6.66. The van der Waals surface area contributed by atoms with Crippen LogP contribution in [0.3, 0.4) is 0 Å². The van der Waals surface area contributed by atoms with Crippen LogP contribution in [-0.4, -0.2) is 65.0 Å². The zero-order chi connectivity index (χ0) is 20.5. The highest BCUT2D eigenvalue weighted by atomic mass is 35.5. The highest BCUT2D eigenvalue weighted by Crippen LogP contribution is 2.29. The lowest BCUT2D eigenvalue weighted by molar-refractivity contribution is 0.122. The standard InChI is InChI=1S/C20H23F2N7O.2ClH/c21-18(22)19-25-14-3-1-2-4-15(14)29(19)17-11-16(28-7-9-30-10-8-28)26-20(27-17)24-13-5-6-23-12-13;;/h1-4,11,13,18,23H,5-10,12H2,(H,24,26,27);2*1H/t13-;;/m0../s1. The van der Waals surface area contributed by atoms with Crippen LogP contribution in [-0.2, 0) is 4.74 Å². The molecule has 174 valence electrons. The Morgan fingerprint density at radius 1 is 1.06 bits per heavy atom. The number of ether oxygens (including phenoxy) is 1. The minimum Gasteiger partial charge on any atom is -0.378 e. The van der Waals surface area contributed by atoms with E-state index in [1.54, 1.807) is 24.3 Å². The first kappa shape index (κ1) is 24.4. The maximum absolute atomic E-state index is 13.9. The number of halogens is 4. The lowest BCUT2D eigenvalue weighted by atomic mass is 10.3. The highest BCUT2D eigenvalue weighted by Gasteiger charge is 2.24. The van der Waals surface area contributed by atoms with Gasteiger partial charge in [-0.25, -0.2) is 13.8 Å². The first-order valence-electron chi connectivity index (χ1n) is 10.1. The molecule has 0 aliphatic carbocycles. The molecule has 0 bridgehead atoms. The van der Waals surface area contributed by atoms with Crippen molar-refractivity contribution < 1.29 is 13.5 Å². The Morgan fingerprint density at radius 2 is 1.81 bits per heavy atom. The van der Waals surface area contributed by atoms with Crippen molar-refractivity contribution in [3.05, 3.63) is 36.2 Å². The highest BCUT2D eigenvalue weighted by molar-refractivity contribution is 5.85. The third-order valence-corrected chi connectivity index (χ3v) is 5.44. The molecule has 0 amide bonds. The van der Waals surface area contributed by atoms with Crippen molar-refractivity contribution >= 4 is 47.6 Å². The van der Waals surface area contributed by atoms with Gasteiger partial charge in [-0.3, -0.25) is 4.57 Å². The normalized spacial score (nSPS) is 18.5. The predicted octanol–water partition coefficient (Wildman–Crippen LogP) is 3.21. The van der Waals surface area contributed by atoms with Crippen LogP contribution in [0.5, 0.6) is 0 Å². The van der Waals surface area contributed by atoms with E-state index in [2.05, 4.69) is 30.5 Å². The van der Waals surface area contributed by atoms with Gasteiger partial charge in [-0.1, -0.05) is 12.1 Å². The summed E-state index contributed by atoms with van der Waals surface area (Å²) in [6, 6.07) is 9.05. The Labute approximate surface area is 196 Å². The molecule has 0 saturated carbocycles. The van der Waals surface area contributed by atoms with E-state index in [0.29, 0.717) is 54.9 Å². The second kappa shape index (κ2) is 10.6. The molecule has 4 heterocycles. The first-order chi connectivity index (χ1) is 14.7. The van der Waals surface area contributed by atoms with Gasteiger partial charge in [0, 0.05) is 31.7 Å². The summed E-state index contributed by atoms with van der Waals surface area (Å²) < 4.78 is 34.6. The molecular formula is C20H25Cl2F2N7O. The molecule has 0 unspecified atom stereocenters. The van der Waals surface area contributed by atoms with Gasteiger partial charge in [0.05, 0.1) is 24.2 Å². The van der Waals surface area contributed by atoms with Gasteiger partial charge in [-0.15, -0.1) is 24.8 Å². The number of morpholine rings is 1. The van der Waals surface area contributed by atoms with Gasteiger partial charge in [0.15, 0.2) is 5.82 Å². The molecule has 5 rings (SSSR count). The summed E-state index contributed by atoms with van der Waals surface area (Å²) >= 11 is 0. The molecule has 3 aromatic rings. The topological polar surface area (TPSA) is 80.1 Å². The third kappa shape index (κ3) is 4.88. The van der Waals surface area contributed by atoms with E-state index in [1.807, 2.05) is 6.07 Å². The summed E-state index contributed by atoms with van der Waals surface area (Å²) in [6.07, 6.45) is -1.77. The average molecular weight is 488 g/mol. The third-order valence-electron chi connectivity index (χ3n) is 5.44. The van der Waals surface area contributed by atoms with Crippen LogP contribution < -0.4 is 15.5 Å². The van der Waals surface area contributed by atoms with Crippen LogP contribution in [0.25, 0.3) is 16.9 Å². The zero-order valence-electron chi connectivity index (χ0n) is 17.2. The largest absolute Gasteiger partial charge is 0.378 e. The fourth-order valence-electron chi connectivity index (χ4n) is 3.95. The summed E-state index contributed by atoms with van der Waals surface area (Å²) in [5.74, 6) is 1.18. The van der Waals surface area contributed by atoms with Gasteiger partial charge in [0.2, 0.25) is 5.95 Å². The fourth-order valence-corrected chi connectivity index (χ4v) is 3.95. The summed E-state index contributed by atoms with van der Waals surface area (Å²) in [5.41, 5.74) is 1.10. The predicted molar refractivity (Wildman–Crippen MR) is 124 cm³/mol. The van der Waals surface area contributed by atoms with Gasteiger partial charge in [-0.05, 0) is 25.1 Å². The molecule has 0 radical (unpaired) electrons. The second-order valence-corrected chi connectivity index (χ2v) is 7.44. The molecule has 2 aliphatic rings. The number of nitrogens with zero attached hydrogens (tertiary/aromatic N) is 5. The van der Waals surface area contributed by atoms with E-state index < -0.39 is 6.43 Å². The minimum absolute atomic E-state index is 0. The number of anilines is 2. The number of hydrogen-bond donors (Lipinski definition) is 2. The van der Waals surface area contributed by atoms with Gasteiger partial charge in [0.1, 0.15) is 11.6 Å². The fraction of sp³-hybridized carbons (Fsp3) is 0.450. The molecular weight excluding hydrogens is 463 g/mol. The van der Waals surface area contributed by atoms with E-state index >= 15 is 0 Å². The summed E-state index contributed by atoms with van der Waals surface area (Å²) in [4.78, 5) is 15.5. The number of fused-ring (bicyclic) bond motifs is 1. The van der Waals surface area contributed by atoms with E-state index in [-0.39, 0.29) is 36.7 Å². The summed E-state index contributed by atoms with van der Waals surface area (Å²) in [7, 11) is 0. The van der Waals surface area contributed by atoms with Gasteiger partial charge < -0.3 is 20.3 Å². The van der Waals surface area contributed by atoms with E-state index in [4.69, 9.17) is 4.74 Å². The van der Waals surface area contributed by atoms with E-state index in [9.17, 15) is 8.78 Å². The number of imidazole rings is 1. The number of para-hydroxylation sites is 2. The van der Waals surface area contributed by atoms with Crippen LogP contribution in [0.15, 0.2) is 30.3 Å². The Morgan fingerprint density at radius 3 is 2.53 bits per heavy atom. The van der Waals surface area contributed by atoms with Crippen molar-refractivity contribution in [2.75, 3.05) is 49.6 Å². The van der Waals surface area contributed by atoms with Crippen LogP contribution in [0.2, 0.25) is 0 Å². The van der Waals surface area contributed by atoms with Crippen molar-refractivity contribution in [3.63, 3.8) is 0 Å². The van der Waals surface area contributed by atoms with Crippen LogP contribution in [0.1, 0.15) is 18.7 Å². The number of rotatable bonds is 5. The SMILES string of the molecule is Cl.Cl.FC(F)c1nc2ccccc2n1-c1cc(N2CCOCC2)nc(N[C@H]2CCNC2)n1. The monoisotopic (exact) mass is 487 g/mol. The van der Waals surface area contributed by atoms with Gasteiger partial charge >= 0.3 is 0 Å². The smallest absolute Gasteiger partial charge is 0.296 e. The molecule has 0 spiro atoms. The minimum atomic E-state index is -2.73. The molecule has 2 saturated heterocycles. The Bertz CT molecular complexity index is 1040. The molecule has 1 atom stereocenters. The van der Waals surface area contributed by atoms with Crippen molar-refractivity contribution in [1.29, 1.82) is 0 Å². The number of aromatic nitrogens is 4. The molecule has 8 nitrogen and oxygen atoms in total. The molecule has 2 aromatic heterocycles. The Kier molecular flexibility index (Phi) is 8.05. The molecule has 2 aliphatic heterocycles. The lowest BCUT2D eigenvalue weighted by Crippen LogP contribution is -2.37. The number of hydrogen-bond acceptors (Lipinski definition) is 7. The molecule has 12 heteroatoms. The lowest BCUT2D eigenvalue weighted by Gasteiger charge is -2.28. The number of alkyl halides is 2. The van der Waals surface area contributed by atoms with E-state index in [0.717, 1.165) is 19.5 Å². The van der Waals surface area contributed by atoms with Crippen LogP contribution in [0.4, 0.5) is 20.5 Å². The number of nitrogens with one attached hydrogen (secondary N) is 2. The molecule has 2 fully saturated rings. The van der Waals surface area contributed by atoms with E-state index in [1.165, 1.54) is 4.57 Å². The molecule has 2 N–H and O–H groups in total. The molecule has 1 aromatic carbocycles. The second-order valence-electron chi connectivity index (χ2n) is 7.44. The van der Waals surface area contributed by atoms with Gasteiger partial charge in [0.25, 0.3) is 6.43 Å². The van der Waals surface area contributed by atoms with Crippen molar-refractivity contribution in [1.82, 2.24) is 24.8 Å². The van der Waals surface area contributed by atoms with Crippen molar-refractivity contribution in [2.24, 2.45) is 0 Å². The molecule has 32 heavy (non-hydrogen) atoms. The Hall–Kier alpha value is -2.27. The number of benzene rings is 1.